The number of hydrogen-bond donors (Lipinski definition) is 0. The third kappa shape index (κ3) is 3.66. The first-order valence-electron chi connectivity index (χ1n) is 15.3. The van der Waals surface area contributed by atoms with Gasteiger partial charge in [-0.05, 0) is 64.7 Å². The minimum absolute atomic E-state index is 0.591. The maximum absolute atomic E-state index is 6.47. The van der Waals surface area contributed by atoms with Crippen molar-refractivity contribution in [3.05, 3.63) is 140 Å². The summed E-state index contributed by atoms with van der Waals surface area (Å²) in [6, 6.07) is 47.3. The number of nitrogens with zero attached hydrogens (tertiary/aromatic N) is 3. The van der Waals surface area contributed by atoms with E-state index in [0.717, 1.165) is 93.7 Å². The molecule has 5 heteroatoms. The van der Waals surface area contributed by atoms with Gasteiger partial charge in [0.15, 0.2) is 5.58 Å². The van der Waals surface area contributed by atoms with Crippen molar-refractivity contribution >= 4 is 65.6 Å². The fourth-order valence-corrected chi connectivity index (χ4v) is 6.82. The zero-order valence-corrected chi connectivity index (χ0v) is 24.4. The van der Waals surface area contributed by atoms with Crippen molar-refractivity contribution in [1.82, 2.24) is 15.0 Å². The van der Waals surface area contributed by atoms with Crippen molar-refractivity contribution in [3.8, 4) is 34.0 Å². The maximum Gasteiger partial charge on any atom is 0.227 e. The van der Waals surface area contributed by atoms with Crippen LogP contribution in [-0.2, 0) is 0 Å². The molecule has 214 valence electrons. The lowest BCUT2D eigenvalue weighted by atomic mass is 9.91. The van der Waals surface area contributed by atoms with Crippen LogP contribution in [0, 0.1) is 0 Å². The Morgan fingerprint density at radius 2 is 1.02 bits per heavy atom. The highest BCUT2D eigenvalue weighted by Gasteiger charge is 2.22. The summed E-state index contributed by atoms with van der Waals surface area (Å²) in [5, 5.41) is 6.39. The second kappa shape index (κ2) is 9.58. The normalized spacial score (nSPS) is 11.9. The molecule has 0 aliphatic carbocycles. The first-order valence-corrected chi connectivity index (χ1v) is 15.3. The molecule has 3 heterocycles. The molecule has 0 radical (unpaired) electrons. The predicted molar refractivity (Wildman–Crippen MR) is 186 cm³/mol. The highest BCUT2D eigenvalue weighted by molar-refractivity contribution is 6.31. The molecule has 0 aliphatic heterocycles. The highest BCUT2D eigenvalue weighted by Crippen LogP contribution is 2.45. The second-order valence-electron chi connectivity index (χ2n) is 11.6. The van der Waals surface area contributed by atoms with Gasteiger partial charge in [-0.1, -0.05) is 91.0 Å². The first kappa shape index (κ1) is 25.0. The average Bonchev–Trinajstić information content (AvgIpc) is 3.73. The van der Waals surface area contributed by atoms with Crippen molar-refractivity contribution < 1.29 is 8.83 Å². The molecule has 5 nitrogen and oxygen atoms in total. The summed E-state index contributed by atoms with van der Waals surface area (Å²) in [4.78, 5) is 15.4. The Kier molecular flexibility index (Phi) is 5.22. The SMILES string of the molecule is c1ccc(-c2nc3c(ccc4oc5ccc6cc(-c7nc8ccccc8nc7-c7ccccc7)c7ccccc7c6c5c43)o2)cc1. The van der Waals surface area contributed by atoms with Gasteiger partial charge in [0.05, 0.1) is 27.8 Å². The van der Waals surface area contributed by atoms with E-state index in [9.17, 15) is 0 Å². The molecule has 7 aromatic carbocycles. The molecule has 10 rings (SSSR count). The predicted octanol–water partition coefficient (Wildman–Crippen LogP) is 11.0. The molecule has 0 saturated carbocycles. The van der Waals surface area contributed by atoms with Crippen LogP contribution in [0.4, 0.5) is 0 Å². The summed E-state index contributed by atoms with van der Waals surface area (Å²) in [6.45, 7) is 0. The summed E-state index contributed by atoms with van der Waals surface area (Å²) < 4.78 is 12.7. The van der Waals surface area contributed by atoms with E-state index in [-0.39, 0.29) is 0 Å². The fraction of sp³-hybridized carbons (Fsp3) is 0. The van der Waals surface area contributed by atoms with E-state index in [1.54, 1.807) is 0 Å². The molecular weight excluding hydrogens is 566 g/mol. The molecule has 0 spiro atoms. The van der Waals surface area contributed by atoms with Gasteiger partial charge in [0, 0.05) is 27.5 Å². The number of benzene rings is 7. The van der Waals surface area contributed by atoms with Crippen molar-refractivity contribution in [2.75, 3.05) is 0 Å². The van der Waals surface area contributed by atoms with Crippen LogP contribution in [0.1, 0.15) is 0 Å². The van der Waals surface area contributed by atoms with E-state index in [1.807, 2.05) is 84.9 Å². The van der Waals surface area contributed by atoms with Crippen LogP contribution in [0.15, 0.2) is 148 Å². The second-order valence-corrected chi connectivity index (χ2v) is 11.6. The van der Waals surface area contributed by atoms with Gasteiger partial charge in [-0.3, -0.25) is 0 Å². The molecule has 3 aromatic heterocycles. The summed E-state index contributed by atoms with van der Waals surface area (Å²) in [5.41, 5.74) is 9.55. The summed E-state index contributed by atoms with van der Waals surface area (Å²) in [7, 11) is 0. The zero-order chi connectivity index (χ0) is 30.2. The number of aromatic nitrogens is 3. The molecule has 0 aliphatic rings. The molecule has 0 saturated heterocycles. The van der Waals surface area contributed by atoms with Crippen LogP contribution < -0.4 is 0 Å². The molecule has 0 atom stereocenters. The lowest BCUT2D eigenvalue weighted by Crippen LogP contribution is -1.96. The third-order valence-corrected chi connectivity index (χ3v) is 8.87. The van der Waals surface area contributed by atoms with Gasteiger partial charge < -0.3 is 8.83 Å². The van der Waals surface area contributed by atoms with Crippen molar-refractivity contribution in [2.24, 2.45) is 0 Å². The van der Waals surface area contributed by atoms with Crippen LogP contribution >= 0.6 is 0 Å². The molecule has 0 bridgehead atoms. The molecule has 0 amide bonds. The quantitative estimate of drug-likeness (QED) is 0.192. The number of oxazole rings is 1. The third-order valence-electron chi connectivity index (χ3n) is 8.87. The summed E-state index contributed by atoms with van der Waals surface area (Å²) >= 11 is 0. The number of rotatable bonds is 3. The van der Waals surface area contributed by atoms with Gasteiger partial charge in [-0.25, -0.2) is 15.0 Å². The van der Waals surface area contributed by atoms with E-state index >= 15 is 0 Å². The van der Waals surface area contributed by atoms with Crippen LogP contribution in [0.3, 0.4) is 0 Å². The van der Waals surface area contributed by atoms with E-state index in [4.69, 9.17) is 23.8 Å². The van der Waals surface area contributed by atoms with Crippen LogP contribution in [0.5, 0.6) is 0 Å². The van der Waals surface area contributed by atoms with Gasteiger partial charge in [-0.15, -0.1) is 0 Å². The zero-order valence-electron chi connectivity index (χ0n) is 24.4. The van der Waals surface area contributed by atoms with Crippen LogP contribution in [-0.4, -0.2) is 15.0 Å². The maximum atomic E-state index is 6.47. The number of furan rings is 1. The summed E-state index contributed by atoms with van der Waals surface area (Å²) in [5.74, 6) is 0.591. The lowest BCUT2D eigenvalue weighted by molar-refractivity contribution is 0.619. The van der Waals surface area contributed by atoms with Gasteiger partial charge in [0.2, 0.25) is 5.89 Å². The van der Waals surface area contributed by atoms with Crippen molar-refractivity contribution in [1.29, 1.82) is 0 Å². The Bertz CT molecular complexity index is 2800. The van der Waals surface area contributed by atoms with Gasteiger partial charge in [-0.2, -0.15) is 0 Å². The Morgan fingerprint density at radius 3 is 1.80 bits per heavy atom. The first-order chi connectivity index (χ1) is 22.8. The van der Waals surface area contributed by atoms with Gasteiger partial charge >= 0.3 is 0 Å². The van der Waals surface area contributed by atoms with Crippen LogP contribution in [0.2, 0.25) is 0 Å². The van der Waals surface area contributed by atoms with Gasteiger partial charge in [0.25, 0.3) is 0 Å². The number of para-hydroxylation sites is 2. The average molecular weight is 590 g/mol. The van der Waals surface area contributed by atoms with E-state index in [2.05, 4.69) is 54.6 Å². The Hall–Kier alpha value is -6.33. The van der Waals surface area contributed by atoms with E-state index in [0.29, 0.717) is 5.89 Å². The molecule has 0 N–H and O–H groups in total. The highest BCUT2D eigenvalue weighted by atomic mass is 16.4. The molecular formula is C41H23N3O2. The minimum atomic E-state index is 0.591. The molecule has 0 unspecified atom stereocenters. The van der Waals surface area contributed by atoms with E-state index < -0.39 is 0 Å². The smallest absolute Gasteiger partial charge is 0.227 e. The standard InChI is InChI=1S/C41H23N3O2/c1-3-11-24(12-4-1)38-39(43-31-18-10-9-17-30(31)42-38)29-23-26-19-20-32-36(35(26)28-16-8-7-15-27(28)29)37-33(45-32)21-22-34-40(37)44-41(46-34)25-13-5-2-6-14-25/h1-23H. The topological polar surface area (TPSA) is 65.0 Å². The Balaban J connectivity index is 1.32. The number of hydrogen-bond acceptors (Lipinski definition) is 5. The lowest BCUT2D eigenvalue weighted by Gasteiger charge is -2.15. The molecule has 0 fully saturated rings. The Morgan fingerprint density at radius 1 is 0.413 bits per heavy atom. The van der Waals surface area contributed by atoms with Crippen LogP contribution in [0.25, 0.3) is 99.6 Å². The van der Waals surface area contributed by atoms with E-state index in [1.165, 1.54) is 0 Å². The minimum Gasteiger partial charge on any atom is -0.456 e. The number of fused-ring (bicyclic) bond motifs is 10. The van der Waals surface area contributed by atoms with Crippen molar-refractivity contribution in [3.63, 3.8) is 0 Å². The molecule has 46 heavy (non-hydrogen) atoms. The Labute approximate surface area is 262 Å². The monoisotopic (exact) mass is 589 g/mol. The molecule has 10 aromatic rings. The summed E-state index contributed by atoms with van der Waals surface area (Å²) in [6.07, 6.45) is 0. The largest absolute Gasteiger partial charge is 0.456 e. The van der Waals surface area contributed by atoms with Crippen molar-refractivity contribution in [2.45, 2.75) is 0 Å². The van der Waals surface area contributed by atoms with Gasteiger partial charge in [0.1, 0.15) is 16.7 Å². The fourth-order valence-electron chi connectivity index (χ4n) is 6.82.